The number of likely N-dealkylation sites (tertiary alicyclic amines) is 1. The van der Waals surface area contributed by atoms with E-state index in [1.807, 2.05) is 11.8 Å². The van der Waals surface area contributed by atoms with E-state index < -0.39 is 0 Å². The summed E-state index contributed by atoms with van der Waals surface area (Å²) in [6.45, 7) is 7.84. The zero-order chi connectivity index (χ0) is 17.5. The molecule has 0 aromatic rings. The molecule has 24 heavy (non-hydrogen) atoms. The second kappa shape index (κ2) is 14.0. The molecule has 0 atom stereocenters. The summed E-state index contributed by atoms with van der Waals surface area (Å²) in [7, 11) is 1.66. The minimum Gasteiger partial charge on any atom is -0.382 e. The highest BCUT2D eigenvalue weighted by Crippen LogP contribution is 2.11. The Hall–Kier alpha value is -1.34. The van der Waals surface area contributed by atoms with Gasteiger partial charge in [0, 0.05) is 46.3 Å². The van der Waals surface area contributed by atoms with Crippen LogP contribution in [0.4, 0.5) is 0 Å². The molecule has 0 aromatic carbocycles. The van der Waals surface area contributed by atoms with E-state index in [0.29, 0.717) is 45.2 Å². The van der Waals surface area contributed by atoms with E-state index in [2.05, 4.69) is 15.6 Å². The minimum absolute atomic E-state index is 0.301. The number of nitrogens with one attached hydrogen (secondary N) is 2. The van der Waals surface area contributed by atoms with Crippen molar-refractivity contribution >= 4 is 11.9 Å². The lowest BCUT2D eigenvalue weighted by Gasteiger charge is -2.20. The lowest BCUT2D eigenvalue weighted by atomic mass is 10.2. The second-order valence-electron chi connectivity index (χ2n) is 5.84. The molecule has 140 valence electrons. The number of carbonyl (C=O) groups is 1. The van der Waals surface area contributed by atoms with E-state index in [1.165, 1.54) is 6.42 Å². The zero-order valence-electron chi connectivity index (χ0n) is 15.3. The van der Waals surface area contributed by atoms with Gasteiger partial charge >= 0.3 is 0 Å². The molecule has 1 aliphatic rings. The van der Waals surface area contributed by atoms with E-state index >= 15 is 0 Å². The van der Waals surface area contributed by atoms with Crippen LogP contribution in [0.5, 0.6) is 0 Å². The Bertz CT molecular complexity index is 364. The standard InChI is InChI=1S/C17H34N4O3/c1-3-18-17(20-10-13-24-15-14-23-2)19-9-7-12-21-11-6-4-5-8-16(21)22/h3-15H2,1-2H3,(H2,18,19,20). The number of guanidine groups is 1. The molecule has 7 nitrogen and oxygen atoms in total. The lowest BCUT2D eigenvalue weighted by molar-refractivity contribution is -0.130. The Morgan fingerprint density at radius 2 is 2.08 bits per heavy atom. The van der Waals surface area contributed by atoms with Crippen LogP contribution >= 0.6 is 0 Å². The predicted molar refractivity (Wildman–Crippen MR) is 96.3 cm³/mol. The number of rotatable bonds is 11. The van der Waals surface area contributed by atoms with Gasteiger partial charge in [0.15, 0.2) is 5.96 Å². The maximum atomic E-state index is 11.9. The monoisotopic (exact) mass is 342 g/mol. The smallest absolute Gasteiger partial charge is 0.222 e. The van der Waals surface area contributed by atoms with Crippen molar-refractivity contribution in [2.45, 2.75) is 39.0 Å². The van der Waals surface area contributed by atoms with Crippen LogP contribution in [0.3, 0.4) is 0 Å². The van der Waals surface area contributed by atoms with Crippen LogP contribution < -0.4 is 10.6 Å². The molecule has 0 spiro atoms. The Morgan fingerprint density at radius 1 is 1.21 bits per heavy atom. The van der Waals surface area contributed by atoms with Crippen molar-refractivity contribution < 1.29 is 14.3 Å². The maximum absolute atomic E-state index is 11.9. The number of carbonyl (C=O) groups excluding carboxylic acids is 1. The van der Waals surface area contributed by atoms with E-state index in [-0.39, 0.29) is 0 Å². The van der Waals surface area contributed by atoms with Crippen molar-refractivity contribution in [1.82, 2.24) is 15.5 Å². The van der Waals surface area contributed by atoms with Gasteiger partial charge < -0.3 is 25.0 Å². The van der Waals surface area contributed by atoms with Crippen molar-refractivity contribution in [3.63, 3.8) is 0 Å². The van der Waals surface area contributed by atoms with Crippen LogP contribution in [0.2, 0.25) is 0 Å². The first kappa shape index (κ1) is 20.7. The SMILES string of the molecule is CCNC(=NCCCN1CCCCCC1=O)NCCOCCOC. The fourth-order valence-corrected chi connectivity index (χ4v) is 2.56. The zero-order valence-corrected chi connectivity index (χ0v) is 15.3. The van der Waals surface area contributed by atoms with Gasteiger partial charge in [-0.2, -0.15) is 0 Å². The highest BCUT2D eigenvalue weighted by Gasteiger charge is 2.15. The summed E-state index contributed by atoms with van der Waals surface area (Å²) in [6, 6.07) is 0. The summed E-state index contributed by atoms with van der Waals surface area (Å²) in [6.07, 6.45) is 4.93. The molecule has 1 heterocycles. The van der Waals surface area contributed by atoms with Gasteiger partial charge in [-0.25, -0.2) is 0 Å². The van der Waals surface area contributed by atoms with Gasteiger partial charge in [0.05, 0.1) is 19.8 Å². The van der Waals surface area contributed by atoms with Gasteiger partial charge in [0.2, 0.25) is 5.91 Å². The fourth-order valence-electron chi connectivity index (χ4n) is 2.56. The Kier molecular flexibility index (Phi) is 12.1. The molecule has 0 unspecified atom stereocenters. The predicted octanol–water partition coefficient (Wildman–Crippen LogP) is 0.997. The molecule has 1 rings (SSSR count). The highest BCUT2D eigenvalue weighted by molar-refractivity contribution is 5.79. The molecule has 1 amide bonds. The van der Waals surface area contributed by atoms with Crippen molar-refractivity contribution in [2.75, 3.05) is 59.7 Å². The molecule has 0 aromatic heterocycles. The summed E-state index contributed by atoms with van der Waals surface area (Å²) in [5, 5.41) is 6.47. The van der Waals surface area contributed by atoms with Crippen molar-refractivity contribution in [1.29, 1.82) is 0 Å². The Labute approximate surface area is 146 Å². The molecular formula is C17H34N4O3. The third kappa shape index (κ3) is 9.72. The molecule has 7 heteroatoms. The average Bonchev–Trinajstić information content (AvgIpc) is 2.79. The molecule has 1 aliphatic heterocycles. The van der Waals surface area contributed by atoms with Crippen LogP contribution in [0.15, 0.2) is 4.99 Å². The topological polar surface area (TPSA) is 75.2 Å². The second-order valence-corrected chi connectivity index (χ2v) is 5.84. The van der Waals surface area contributed by atoms with Gasteiger partial charge in [0.1, 0.15) is 0 Å². The lowest BCUT2D eigenvalue weighted by Crippen LogP contribution is -2.39. The molecular weight excluding hydrogens is 308 g/mol. The van der Waals surface area contributed by atoms with Gasteiger partial charge in [-0.3, -0.25) is 9.79 Å². The van der Waals surface area contributed by atoms with Crippen molar-refractivity contribution in [3.8, 4) is 0 Å². The summed E-state index contributed by atoms with van der Waals surface area (Å²) in [5.41, 5.74) is 0. The normalized spacial score (nSPS) is 16.2. The fraction of sp³-hybridized carbons (Fsp3) is 0.882. The van der Waals surface area contributed by atoms with Gasteiger partial charge in [-0.1, -0.05) is 6.42 Å². The van der Waals surface area contributed by atoms with Crippen LogP contribution in [-0.2, 0) is 14.3 Å². The maximum Gasteiger partial charge on any atom is 0.222 e. The number of methoxy groups -OCH3 is 1. The van der Waals surface area contributed by atoms with E-state index in [0.717, 1.165) is 44.9 Å². The van der Waals surface area contributed by atoms with Crippen LogP contribution in [0, 0.1) is 0 Å². The molecule has 1 fully saturated rings. The average molecular weight is 342 g/mol. The summed E-state index contributed by atoms with van der Waals surface area (Å²) in [5.74, 6) is 1.10. The number of nitrogens with zero attached hydrogens (tertiary/aromatic N) is 2. The summed E-state index contributed by atoms with van der Waals surface area (Å²) < 4.78 is 10.3. The van der Waals surface area contributed by atoms with Crippen LogP contribution in [0.25, 0.3) is 0 Å². The largest absolute Gasteiger partial charge is 0.382 e. The van der Waals surface area contributed by atoms with Crippen LogP contribution in [0.1, 0.15) is 39.0 Å². The summed E-state index contributed by atoms with van der Waals surface area (Å²) in [4.78, 5) is 18.5. The number of amides is 1. The highest BCUT2D eigenvalue weighted by atomic mass is 16.5. The molecule has 0 bridgehead atoms. The molecule has 1 saturated heterocycles. The first-order chi connectivity index (χ1) is 11.8. The van der Waals surface area contributed by atoms with E-state index in [4.69, 9.17) is 9.47 Å². The number of hydrogen-bond acceptors (Lipinski definition) is 4. The van der Waals surface area contributed by atoms with Crippen molar-refractivity contribution in [2.24, 2.45) is 4.99 Å². The number of ether oxygens (including phenoxy) is 2. The van der Waals surface area contributed by atoms with Crippen molar-refractivity contribution in [3.05, 3.63) is 0 Å². The third-order valence-corrected chi connectivity index (χ3v) is 3.84. The van der Waals surface area contributed by atoms with E-state index in [1.54, 1.807) is 7.11 Å². The number of aliphatic imine (C=N–C) groups is 1. The number of hydrogen-bond donors (Lipinski definition) is 2. The third-order valence-electron chi connectivity index (χ3n) is 3.84. The van der Waals surface area contributed by atoms with E-state index in [9.17, 15) is 4.79 Å². The molecule has 0 aliphatic carbocycles. The first-order valence-electron chi connectivity index (χ1n) is 9.14. The minimum atomic E-state index is 0.301. The Morgan fingerprint density at radius 3 is 2.88 bits per heavy atom. The van der Waals surface area contributed by atoms with Gasteiger partial charge in [0.25, 0.3) is 0 Å². The first-order valence-corrected chi connectivity index (χ1v) is 9.14. The molecule has 0 radical (unpaired) electrons. The van der Waals surface area contributed by atoms with Gasteiger partial charge in [-0.15, -0.1) is 0 Å². The van der Waals surface area contributed by atoms with Crippen LogP contribution in [-0.4, -0.2) is 76.4 Å². The molecule has 0 saturated carbocycles. The van der Waals surface area contributed by atoms with Gasteiger partial charge in [-0.05, 0) is 26.2 Å². The Balaban J connectivity index is 2.20. The quantitative estimate of drug-likeness (QED) is 0.333. The molecule has 2 N–H and O–H groups in total. The summed E-state index contributed by atoms with van der Waals surface area (Å²) >= 11 is 0.